The van der Waals surface area contributed by atoms with Gasteiger partial charge in [-0.25, -0.2) is 0 Å². The van der Waals surface area contributed by atoms with Gasteiger partial charge in [0, 0.05) is 60.7 Å². The first kappa shape index (κ1) is 39.7. The molecule has 0 saturated heterocycles. The standard InChI is InChI=1S/C54H46N3O.Pt/c1-53(2,3)40-29-38(30-41(34-40)54(4,5)6)39-32-47(56-48(33-39)44-20-11-13-25-51(44)58)37-17-14-16-36(28-37)46-31-35(26-27-55-46)43-22-15-24-50-52(43)45-21-10-12-23-49(45)57(50)42-18-8-7-9-19-42;/h7-27,29-34,58H,1-6H3;/q-1;. The van der Waals surface area contributed by atoms with E-state index in [4.69, 9.17) is 9.97 Å². The third-order valence-electron chi connectivity index (χ3n) is 11.1. The largest absolute Gasteiger partial charge is 0.507 e. The second kappa shape index (κ2) is 15.6. The van der Waals surface area contributed by atoms with Gasteiger partial charge >= 0.3 is 0 Å². The number of aromatic hydroxyl groups is 1. The molecule has 5 heteroatoms. The Morgan fingerprint density at radius 3 is 1.81 bits per heavy atom. The Hall–Kier alpha value is -6.09. The molecule has 0 radical (unpaired) electrons. The summed E-state index contributed by atoms with van der Waals surface area (Å²) in [5, 5.41) is 13.4. The second-order valence-electron chi connectivity index (χ2n) is 17.2. The molecular weight excluding hydrogens is 902 g/mol. The Morgan fingerprint density at radius 2 is 1.08 bits per heavy atom. The van der Waals surface area contributed by atoms with E-state index in [-0.39, 0.29) is 37.6 Å². The summed E-state index contributed by atoms with van der Waals surface area (Å²) in [5.41, 5.74) is 15.0. The summed E-state index contributed by atoms with van der Waals surface area (Å²) in [6.45, 7) is 13.6. The number of nitrogens with zero attached hydrogens (tertiary/aromatic N) is 3. The van der Waals surface area contributed by atoms with Crippen molar-refractivity contribution in [2.24, 2.45) is 0 Å². The molecule has 0 atom stereocenters. The van der Waals surface area contributed by atoms with Crippen LogP contribution in [0.3, 0.4) is 0 Å². The molecule has 1 N–H and O–H groups in total. The number of phenolic OH excluding ortho intramolecular Hbond substituents is 1. The van der Waals surface area contributed by atoms with Gasteiger partial charge in [0.15, 0.2) is 0 Å². The number of fused-ring (bicyclic) bond motifs is 3. The minimum atomic E-state index is -0.0411. The molecule has 9 aromatic rings. The SMILES string of the molecule is CC(C)(C)c1cc(-c2cc(-c3[c-]c(-c4cc(-c5cccc6c5c5ccccc5n6-c5ccccc5)ccn4)ccc3)nc(-c3ccccc3O)c2)cc(C(C)(C)C)c1.[Pt]. The maximum atomic E-state index is 11.0. The summed E-state index contributed by atoms with van der Waals surface area (Å²) in [6.07, 6.45) is 1.89. The van der Waals surface area contributed by atoms with Crippen molar-refractivity contribution in [3.63, 3.8) is 0 Å². The Morgan fingerprint density at radius 1 is 0.508 bits per heavy atom. The number of rotatable bonds is 6. The molecule has 0 aliphatic rings. The Balaban J connectivity index is 0.00000484. The number of phenols is 1. The number of hydrogen-bond acceptors (Lipinski definition) is 3. The molecule has 0 amide bonds. The number of pyridine rings is 2. The van der Waals surface area contributed by atoms with Crippen LogP contribution >= 0.6 is 0 Å². The summed E-state index contributed by atoms with van der Waals surface area (Å²) >= 11 is 0. The molecule has 6 aromatic carbocycles. The van der Waals surface area contributed by atoms with Crippen LogP contribution < -0.4 is 0 Å². The van der Waals surface area contributed by atoms with Crippen LogP contribution in [-0.4, -0.2) is 19.6 Å². The fourth-order valence-corrected chi connectivity index (χ4v) is 7.95. The fourth-order valence-electron chi connectivity index (χ4n) is 7.95. The van der Waals surface area contributed by atoms with Crippen LogP contribution in [0.1, 0.15) is 52.7 Å². The van der Waals surface area contributed by atoms with E-state index in [1.165, 1.54) is 27.4 Å². The number of benzene rings is 6. The summed E-state index contributed by atoms with van der Waals surface area (Å²) in [7, 11) is 0. The molecule has 0 fully saturated rings. The molecule has 0 aliphatic carbocycles. The Bertz CT molecular complexity index is 2950. The van der Waals surface area contributed by atoms with Gasteiger partial charge in [0.25, 0.3) is 0 Å². The maximum absolute atomic E-state index is 11.0. The molecule has 9 rings (SSSR count). The summed E-state index contributed by atoms with van der Waals surface area (Å²) in [6, 6.07) is 58.5. The average molecular weight is 948 g/mol. The van der Waals surface area contributed by atoms with Crippen LogP contribution in [0.25, 0.3) is 83.5 Å². The van der Waals surface area contributed by atoms with Gasteiger partial charge in [-0.3, -0.25) is 9.97 Å². The topological polar surface area (TPSA) is 50.9 Å². The molecule has 0 spiro atoms. The van der Waals surface area contributed by atoms with Gasteiger partial charge in [-0.05, 0) is 92.7 Å². The predicted molar refractivity (Wildman–Crippen MR) is 241 cm³/mol. The van der Waals surface area contributed by atoms with Crippen LogP contribution in [0.5, 0.6) is 5.75 Å². The zero-order chi connectivity index (χ0) is 40.2. The molecule has 0 unspecified atom stereocenters. The summed E-state index contributed by atoms with van der Waals surface area (Å²) in [4.78, 5) is 10.1. The van der Waals surface area contributed by atoms with E-state index in [0.717, 1.165) is 56.0 Å². The summed E-state index contributed by atoms with van der Waals surface area (Å²) < 4.78 is 2.35. The zero-order valence-electron chi connectivity index (χ0n) is 34.2. The number of hydrogen-bond donors (Lipinski definition) is 1. The quantitative estimate of drug-likeness (QED) is 0.169. The van der Waals surface area contributed by atoms with Crippen molar-refractivity contribution in [2.45, 2.75) is 52.4 Å². The molecule has 294 valence electrons. The van der Waals surface area contributed by atoms with Crippen LogP contribution in [-0.2, 0) is 31.9 Å². The summed E-state index contributed by atoms with van der Waals surface area (Å²) in [5.74, 6) is 0.192. The monoisotopic (exact) mass is 947 g/mol. The van der Waals surface area contributed by atoms with Gasteiger partial charge in [-0.15, -0.1) is 24.3 Å². The van der Waals surface area contributed by atoms with Gasteiger partial charge in [-0.2, -0.15) is 0 Å². The van der Waals surface area contributed by atoms with Crippen molar-refractivity contribution >= 4 is 21.8 Å². The minimum absolute atomic E-state index is 0. The first-order valence-corrected chi connectivity index (χ1v) is 20.0. The van der Waals surface area contributed by atoms with Crippen molar-refractivity contribution < 1.29 is 26.2 Å². The third kappa shape index (κ3) is 7.66. The first-order chi connectivity index (χ1) is 27.9. The molecule has 0 saturated carbocycles. The molecule has 4 nitrogen and oxygen atoms in total. The molecule has 3 aromatic heterocycles. The van der Waals surface area contributed by atoms with Gasteiger partial charge < -0.3 is 9.67 Å². The number of aromatic nitrogens is 3. The maximum Gasteiger partial charge on any atom is 0.124 e. The molecule has 0 bridgehead atoms. The van der Waals surface area contributed by atoms with E-state index in [1.807, 2.05) is 24.4 Å². The van der Waals surface area contributed by atoms with E-state index in [1.54, 1.807) is 6.07 Å². The van der Waals surface area contributed by atoms with Crippen molar-refractivity contribution in [3.05, 3.63) is 181 Å². The molecule has 0 aliphatic heterocycles. The predicted octanol–water partition coefficient (Wildman–Crippen LogP) is 14.0. The van der Waals surface area contributed by atoms with E-state index in [2.05, 4.69) is 186 Å². The van der Waals surface area contributed by atoms with Gasteiger partial charge in [-0.1, -0.05) is 144 Å². The van der Waals surface area contributed by atoms with E-state index < -0.39 is 0 Å². The minimum Gasteiger partial charge on any atom is -0.507 e. The van der Waals surface area contributed by atoms with Gasteiger partial charge in [0.1, 0.15) is 5.75 Å². The third-order valence-corrected chi connectivity index (χ3v) is 11.1. The smallest absolute Gasteiger partial charge is 0.124 e. The molecule has 59 heavy (non-hydrogen) atoms. The fraction of sp³-hybridized carbons (Fsp3) is 0.148. The van der Waals surface area contributed by atoms with Crippen LogP contribution in [0, 0.1) is 6.07 Å². The van der Waals surface area contributed by atoms with Crippen molar-refractivity contribution in [1.82, 2.24) is 14.5 Å². The Kier molecular flexibility index (Phi) is 10.5. The van der Waals surface area contributed by atoms with Crippen molar-refractivity contribution in [2.75, 3.05) is 0 Å². The van der Waals surface area contributed by atoms with E-state index in [9.17, 15) is 5.11 Å². The van der Waals surface area contributed by atoms with Crippen LogP contribution in [0.2, 0.25) is 0 Å². The second-order valence-corrected chi connectivity index (χ2v) is 17.2. The van der Waals surface area contributed by atoms with E-state index >= 15 is 0 Å². The van der Waals surface area contributed by atoms with Crippen LogP contribution in [0.4, 0.5) is 0 Å². The van der Waals surface area contributed by atoms with Crippen molar-refractivity contribution in [1.29, 1.82) is 0 Å². The van der Waals surface area contributed by atoms with Crippen LogP contribution in [0.15, 0.2) is 164 Å². The molecule has 3 heterocycles. The van der Waals surface area contributed by atoms with Crippen molar-refractivity contribution in [3.8, 4) is 67.5 Å². The normalized spacial score (nSPS) is 11.8. The first-order valence-electron chi connectivity index (χ1n) is 20.0. The van der Waals surface area contributed by atoms with Gasteiger partial charge in [0.2, 0.25) is 0 Å². The zero-order valence-corrected chi connectivity index (χ0v) is 36.5. The average Bonchev–Trinajstić information content (AvgIpc) is 3.58. The molecular formula is C54H46N3OPt-. The number of para-hydroxylation sites is 3. The Labute approximate surface area is 361 Å². The van der Waals surface area contributed by atoms with Gasteiger partial charge in [0.05, 0.1) is 16.7 Å². The van der Waals surface area contributed by atoms with E-state index in [0.29, 0.717) is 11.3 Å².